The Morgan fingerprint density at radius 3 is 2.90 bits per heavy atom. The van der Waals surface area contributed by atoms with Gasteiger partial charge in [-0.05, 0) is 30.0 Å². The van der Waals surface area contributed by atoms with Gasteiger partial charge in [0.1, 0.15) is 0 Å². The van der Waals surface area contributed by atoms with E-state index in [1.165, 1.54) is 11.1 Å². The fraction of sp³-hybridized carbons (Fsp3) is 0.250. The Morgan fingerprint density at radius 2 is 2.14 bits per heavy atom. The standard InChI is InChI=1S/C16H17N3O2/c1-21-15-9-7-12(10-17-15)18-16(20)19-14-8-6-11-4-2-3-5-13(11)14/h2-5,7,9-10,14H,6,8H2,1H3,(H2,18,19,20). The molecule has 2 amide bonds. The third-order valence-electron chi connectivity index (χ3n) is 3.64. The number of hydrogen-bond donors (Lipinski definition) is 2. The lowest BCUT2D eigenvalue weighted by molar-refractivity contribution is 0.248. The second-order valence-corrected chi connectivity index (χ2v) is 4.98. The third kappa shape index (κ3) is 2.97. The van der Waals surface area contributed by atoms with E-state index in [9.17, 15) is 4.79 Å². The Bertz CT molecular complexity index is 640. The van der Waals surface area contributed by atoms with Gasteiger partial charge < -0.3 is 15.4 Å². The number of fused-ring (bicyclic) bond motifs is 1. The molecule has 1 aliphatic carbocycles. The number of hydrogen-bond acceptors (Lipinski definition) is 3. The predicted octanol–water partition coefficient (Wildman–Crippen LogP) is 2.90. The molecule has 2 aromatic rings. The van der Waals surface area contributed by atoms with Crippen molar-refractivity contribution in [1.82, 2.24) is 10.3 Å². The number of ether oxygens (including phenoxy) is 1. The maximum atomic E-state index is 12.1. The number of carbonyl (C=O) groups is 1. The van der Waals surface area contributed by atoms with E-state index in [-0.39, 0.29) is 12.1 Å². The summed E-state index contributed by atoms with van der Waals surface area (Å²) < 4.78 is 4.98. The van der Waals surface area contributed by atoms with Crippen LogP contribution in [0.4, 0.5) is 10.5 Å². The van der Waals surface area contributed by atoms with Gasteiger partial charge in [0.05, 0.1) is 25.0 Å². The van der Waals surface area contributed by atoms with Crippen molar-refractivity contribution in [2.75, 3.05) is 12.4 Å². The van der Waals surface area contributed by atoms with E-state index in [0.717, 1.165) is 12.8 Å². The Labute approximate surface area is 123 Å². The van der Waals surface area contributed by atoms with Crippen LogP contribution in [-0.4, -0.2) is 18.1 Å². The summed E-state index contributed by atoms with van der Waals surface area (Å²) in [4.78, 5) is 16.1. The minimum Gasteiger partial charge on any atom is -0.481 e. The quantitative estimate of drug-likeness (QED) is 0.910. The molecule has 0 saturated carbocycles. The first-order valence-corrected chi connectivity index (χ1v) is 6.91. The van der Waals surface area contributed by atoms with E-state index in [2.05, 4.69) is 27.8 Å². The molecule has 0 spiro atoms. The molecule has 5 heteroatoms. The lowest BCUT2D eigenvalue weighted by Gasteiger charge is -2.14. The van der Waals surface area contributed by atoms with Crippen LogP contribution in [0, 0.1) is 0 Å². The van der Waals surface area contributed by atoms with Crippen molar-refractivity contribution >= 4 is 11.7 Å². The van der Waals surface area contributed by atoms with E-state index in [1.54, 1.807) is 25.4 Å². The predicted molar refractivity (Wildman–Crippen MR) is 80.4 cm³/mol. The van der Waals surface area contributed by atoms with E-state index in [0.29, 0.717) is 11.6 Å². The summed E-state index contributed by atoms with van der Waals surface area (Å²) in [6.45, 7) is 0. The van der Waals surface area contributed by atoms with Crippen LogP contribution < -0.4 is 15.4 Å². The molecule has 0 radical (unpaired) electrons. The monoisotopic (exact) mass is 283 g/mol. The van der Waals surface area contributed by atoms with Gasteiger partial charge in [-0.3, -0.25) is 0 Å². The largest absolute Gasteiger partial charge is 0.481 e. The highest BCUT2D eigenvalue weighted by Gasteiger charge is 2.23. The van der Waals surface area contributed by atoms with Crippen LogP contribution in [0.25, 0.3) is 0 Å². The number of anilines is 1. The molecule has 1 aliphatic rings. The van der Waals surface area contributed by atoms with Crippen molar-refractivity contribution in [3.8, 4) is 5.88 Å². The van der Waals surface area contributed by atoms with Gasteiger partial charge in [0.15, 0.2) is 0 Å². The van der Waals surface area contributed by atoms with Crippen molar-refractivity contribution in [3.05, 3.63) is 53.7 Å². The Balaban J connectivity index is 1.62. The van der Waals surface area contributed by atoms with Gasteiger partial charge >= 0.3 is 6.03 Å². The third-order valence-corrected chi connectivity index (χ3v) is 3.64. The Hall–Kier alpha value is -2.56. The normalized spacial score (nSPS) is 16.1. The highest BCUT2D eigenvalue weighted by Crippen LogP contribution is 2.30. The molecule has 2 N–H and O–H groups in total. The highest BCUT2D eigenvalue weighted by molar-refractivity contribution is 5.89. The molecule has 108 valence electrons. The molecule has 3 rings (SSSR count). The number of rotatable bonds is 3. The second-order valence-electron chi connectivity index (χ2n) is 4.98. The van der Waals surface area contributed by atoms with Gasteiger partial charge in [0.25, 0.3) is 0 Å². The van der Waals surface area contributed by atoms with Crippen LogP contribution in [-0.2, 0) is 6.42 Å². The van der Waals surface area contributed by atoms with Gasteiger partial charge in [-0.1, -0.05) is 24.3 Å². The summed E-state index contributed by atoms with van der Waals surface area (Å²) in [6, 6.07) is 11.5. The fourth-order valence-corrected chi connectivity index (χ4v) is 2.61. The Morgan fingerprint density at radius 1 is 1.29 bits per heavy atom. The lowest BCUT2D eigenvalue weighted by Crippen LogP contribution is -2.31. The van der Waals surface area contributed by atoms with Crippen molar-refractivity contribution in [2.45, 2.75) is 18.9 Å². The summed E-state index contributed by atoms with van der Waals surface area (Å²) in [5.41, 5.74) is 3.16. The second kappa shape index (κ2) is 5.83. The zero-order valence-electron chi connectivity index (χ0n) is 11.8. The molecule has 0 aliphatic heterocycles. The summed E-state index contributed by atoms with van der Waals surface area (Å²) in [5, 5.41) is 5.79. The lowest BCUT2D eigenvalue weighted by atomic mass is 10.1. The van der Waals surface area contributed by atoms with Crippen LogP contribution in [0.2, 0.25) is 0 Å². The van der Waals surface area contributed by atoms with Crippen molar-refractivity contribution in [2.24, 2.45) is 0 Å². The Kier molecular flexibility index (Phi) is 3.73. The SMILES string of the molecule is COc1ccc(NC(=O)NC2CCc3ccccc32)cn1. The first-order chi connectivity index (χ1) is 10.3. The number of nitrogens with zero attached hydrogens (tertiary/aromatic N) is 1. The average Bonchev–Trinajstić information content (AvgIpc) is 2.91. The number of amides is 2. The molecule has 1 aromatic heterocycles. The van der Waals surface area contributed by atoms with Crippen molar-refractivity contribution < 1.29 is 9.53 Å². The molecule has 5 nitrogen and oxygen atoms in total. The van der Waals surface area contributed by atoms with Gasteiger partial charge in [0.2, 0.25) is 5.88 Å². The molecule has 1 heterocycles. The summed E-state index contributed by atoms with van der Waals surface area (Å²) in [7, 11) is 1.56. The fourth-order valence-electron chi connectivity index (χ4n) is 2.61. The zero-order chi connectivity index (χ0) is 14.7. The van der Waals surface area contributed by atoms with Crippen molar-refractivity contribution in [1.29, 1.82) is 0 Å². The molecule has 21 heavy (non-hydrogen) atoms. The molecule has 1 unspecified atom stereocenters. The maximum Gasteiger partial charge on any atom is 0.319 e. The molecule has 1 atom stereocenters. The van der Waals surface area contributed by atoms with Crippen LogP contribution in [0.3, 0.4) is 0 Å². The number of pyridine rings is 1. The first-order valence-electron chi connectivity index (χ1n) is 6.91. The number of benzene rings is 1. The number of carbonyl (C=O) groups excluding carboxylic acids is 1. The van der Waals surface area contributed by atoms with Crippen LogP contribution in [0.15, 0.2) is 42.6 Å². The minimum atomic E-state index is -0.219. The summed E-state index contributed by atoms with van der Waals surface area (Å²) in [6.07, 6.45) is 3.51. The van der Waals surface area contributed by atoms with Crippen LogP contribution >= 0.6 is 0 Å². The molecular weight excluding hydrogens is 266 g/mol. The van der Waals surface area contributed by atoms with Gasteiger partial charge in [0, 0.05) is 6.07 Å². The van der Waals surface area contributed by atoms with Gasteiger partial charge in [-0.25, -0.2) is 9.78 Å². The van der Waals surface area contributed by atoms with E-state index < -0.39 is 0 Å². The van der Waals surface area contributed by atoms with Gasteiger partial charge in [-0.15, -0.1) is 0 Å². The minimum absolute atomic E-state index is 0.0763. The van der Waals surface area contributed by atoms with Crippen LogP contribution in [0.5, 0.6) is 5.88 Å². The van der Waals surface area contributed by atoms with E-state index >= 15 is 0 Å². The number of aryl methyl sites for hydroxylation is 1. The zero-order valence-corrected chi connectivity index (χ0v) is 11.8. The number of aromatic nitrogens is 1. The van der Waals surface area contributed by atoms with Crippen LogP contribution in [0.1, 0.15) is 23.6 Å². The molecule has 0 saturated heterocycles. The summed E-state index contributed by atoms with van der Waals surface area (Å²) in [5.74, 6) is 0.519. The highest BCUT2D eigenvalue weighted by atomic mass is 16.5. The molecule has 0 bridgehead atoms. The molecular formula is C16H17N3O2. The molecule has 0 fully saturated rings. The van der Waals surface area contributed by atoms with Crippen molar-refractivity contribution in [3.63, 3.8) is 0 Å². The van der Waals surface area contributed by atoms with Gasteiger partial charge in [-0.2, -0.15) is 0 Å². The topological polar surface area (TPSA) is 63.2 Å². The maximum absolute atomic E-state index is 12.1. The number of urea groups is 1. The smallest absolute Gasteiger partial charge is 0.319 e. The number of methoxy groups -OCH3 is 1. The summed E-state index contributed by atoms with van der Waals surface area (Å²) >= 11 is 0. The first kappa shape index (κ1) is 13.4. The average molecular weight is 283 g/mol. The number of nitrogens with one attached hydrogen (secondary N) is 2. The van der Waals surface area contributed by atoms with E-state index in [1.807, 2.05) is 12.1 Å². The molecule has 1 aromatic carbocycles. The van der Waals surface area contributed by atoms with E-state index in [4.69, 9.17) is 4.74 Å².